The first kappa shape index (κ1) is 24.3. The van der Waals surface area contributed by atoms with E-state index in [1.54, 1.807) is 12.1 Å². The van der Waals surface area contributed by atoms with Gasteiger partial charge in [0.15, 0.2) is 5.75 Å². The molecule has 7 heteroatoms. The van der Waals surface area contributed by atoms with Gasteiger partial charge in [0.25, 0.3) is 5.91 Å². The Morgan fingerprint density at radius 3 is 2.53 bits per heavy atom. The Kier molecular flexibility index (Phi) is 8.74. The average molecular weight is 622 g/mol. The molecule has 0 unspecified atom stereocenters. The molecule has 0 radical (unpaired) electrons. The highest BCUT2D eigenvalue weighted by molar-refractivity contribution is 14.1. The lowest BCUT2D eigenvalue weighted by molar-refractivity contribution is -0.117. The average Bonchev–Trinajstić information content (AvgIpc) is 2.78. The van der Waals surface area contributed by atoms with E-state index in [9.17, 15) is 10.1 Å². The third kappa shape index (κ3) is 6.58. The first-order valence-electron chi connectivity index (χ1n) is 9.71. The zero-order valence-corrected chi connectivity index (χ0v) is 21.6. The van der Waals surface area contributed by atoms with Crippen LogP contribution in [0.15, 0.2) is 76.8 Å². The topological polar surface area (TPSA) is 62.1 Å². The fourth-order valence-electron chi connectivity index (χ4n) is 2.95. The van der Waals surface area contributed by atoms with Crippen molar-refractivity contribution in [2.45, 2.75) is 19.6 Å². The zero-order valence-electron chi connectivity index (χ0n) is 17.1. The number of rotatable bonds is 7. The van der Waals surface area contributed by atoms with Crippen molar-refractivity contribution < 1.29 is 9.53 Å². The van der Waals surface area contributed by atoms with Crippen molar-refractivity contribution in [2.24, 2.45) is 0 Å². The molecular formula is C25H19BrClIN2O2. The Morgan fingerprint density at radius 2 is 1.91 bits per heavy atom. The predicted molar refractivity (Wildman–Crippen MR) is 139 cm³/mol. The molecule has 0 fully saturated rings. The fourth-order valence-corrected chi connectivity index (χ4v) is 4.30. The number of amides is 1. The van der Waals surface area contributed by atoms with Gasteiger partial charge in [-0.1, -0.05) is 54.1 Å². The van der Waals surface area contributed by atoms with E-state index < -0.39 is 5.91 Å². The van der Waals surface area contributed by atoms with E-state index in [0.29, 0.717) is 27.4 Å². The third-order valence-electron chi connectivity index (χ3n) is 4.64. The molecule has 3 aromatic rings. The summed E-state index contributed by atoms with van der Waals surface area (Å²) in [4.78, 5) is 12.6. The molecule has 162 valence electrons. The first-order chi connectivity index (χ1) is 15.4. The Bertz CT molecular complexity index is 1150. The summed E-state index contributed by atoms with van der Waals surface area (Å²) in [6.45, 7) is 2.24. The summed E-state index contributed by atoms with van der Waals surface area (Å²) in [6, 6.07) is 22.7. The Hall–Kier alpha value is -2.34. The standard InChI is InChI=1S/C25H19BrClIN2O2/c1-16(19-5-3-2-4-6-19)30-25(31)20(14-29)11-18-12-22(26)24(23(27)13-18)32-15-17-7-9-21(28)10-8-17/h2-13,16H,15H2,1H3,(H,30,31)/b20-11-/t16-/m0/s1. The highest BCUT2D eigenvalue weighted by atomic mass is 127. The van der Waals surface area contributed by atoms with E-state index >= 15 is 0 Å². The number of hydrogen-bond donors (Lipinski definition) is 1. The molecule has 4 nitrogen and oxygen atoms in total. The van der Waals surface area contributed by atoms with E-state index in [0.717, 1.165) is 14.7 Å². The van der Waals surface area contributed by atoms with Crippen LogP contribution in [0.5, 0.6) is 5.75 Å². The van der Waals surface area contributed by atoms with Crippen molar-refractivity contribution in [2.75, 3.05) is 0 Å². The van der Waals surface area contributed by atoms with Gasteiger partial charge in [0.1, 0.15) is 18.2 Å². The number of ether oxygens (including phenoxy) is 1. The molecule has 0 bridgehead atoms. The van der Waals surface area contributed by atoms with Crippen LogP contribution in [0, 0.1) is 14.9 Å². The normalized spacial score (nSPS) is 12.0. The smallest absolute Gasteiger partial charge is 0.262 e. The first-order valence-corrected chi connectivity index (χ1v) is 12.0. The van der Waals surface area contributed by atoms with Crippen LogP contribution in [0.2, 0.25) is 5.02 Å². The molecule has 1 amide bonds. The van der Waals surface area contributed by atoms with Gasteiger partial charge < -0.3 is 10.1 Å². The molecular weight excluding hydrogens is 603 g/mol. The number of benzene rings is 3. The molecule has 0 aliphatic rings. The molecule has 1 N–H and O–H groups in total. The number of carbonyl (C=O) groups is 1. The lowest BCUT2D eigenvalue weighted by Gasteiger charge is -2.14. The van der Waals surface area contributed by atoms with Crippen LogP contribution in [0.4, 0.5) is 0 Å². The molecule has 0 saturated carbocycles. The summed E-state index contributed by atoms with van der Waals surface area (Å²) in [7, 11) is 0. The highest BCUT2D eigenvalue weighted by Gasteiger charge is 2.15. The molecule has 3 aromatic carbocycles. The summed E-state index contributed by atoms with van der Waals surface area (Å²) in [5.74, 6) is 0.0539. The maximum atomic E-state index is 12.6. The fraction of sp³-hybridized carbons (Fsp3) is 0.120. The van der Waals surface area contributed by atoms with Crippen LogP contribution in [0.25, 0.3) is 6.08 Å². The largest absolute Gasteiger partial charge is 0.486 e. The van der Waals surface area contributed by atoms with Gasteiger partial charge in [0, 0.05) is 3.57 Å². The minimum atomic E-state index is -0.449. The lowest BCUT2D eigenvalue weighted by atomic mass is 10.1. The maximum absolute atomic E-state index is 12.6. The molecule has 32 heavy (non-hydrogen) atoms. The molecule has 0 aromatic heterocycles. The number of nitrogens with one attached hydrogen (secondary N) is 1. The third-order valence-corrected chi connectivity index (χ3v) is 6.23. The molecule has 0 heterocycles. The van der Waals surface area contributed by atoms with E-state index in [4.69, 9.17) is 16.3 Å². The second-order valence-corrected chi connectivity index (χ2v) is 9.51. The number of nitriles is 1. The van der Waals surface area contributed by atoms with E-state index in [2.05, 4.69) is 43.8 Å². The second kappa shape index (κ2) is 11.5. The highest BCUT2D eigenvalue weighted by Crippen LogP contribution is 2.35. The molecule has 0 aliphatic heterocycles. The molecule has 0 saturated heterocycles. The van der Waals surface area contributed by atoms with Gasteiger partial charge in [-0.25, -0.2) is 0 Å². The van der Waals surface area contributed by atoms with E-state index in [-0.39, 0.29) is 11.6 Å². The minimum absolute atomic E-state index is 0.0108. The molecule has 0 aliphatic carbocycles. The van der Waals surface area contributed by atoms with Gasteiger partial charge in [-0.2, -0.15) is 5.26 Å². The van der Waals surface area contributed by atoms with Crippen molar-refractivity contribution in [3.8, 4) is 11.8 Å². The number of carbonyl (C=O) groups excluding carboxylic acids is 1. The van der Waals surface area contributed by atoms with Gasteiger partial charge in [0.2, 0.25) is 0 Å². The van der Waals surface area contributed by atoms with Crippen molar-refractivity contribution >= 4 is 62.1 Å². The number of nitrogens with zero attached hydrogens (tertiary/aromatic N) is 1. The molecule has 3 rings (SSSR count). The van der Waals surface area contributed by atoms with Gasteiger partial charge in [-0.05, 0) is 92.5 Å². The van der Waals surface area contributed by atoms with E-state index in [1.807, 2.05) is 67.6 Å². The molecule has 1 atom stereocenters. The van der Waals surface area contributed by atoms with Gasteiger partial charge in [-0.3, -0.25) is 4.79 Å². The minimum Gasteiger partial charge on any atom is -0.486 e. The monoisotopic (exact) mass is 620 g/mol. The Balaban J connectivity index is 1.74. The van der Waals surface area contributed by atoms with Gasteiger partial charge >= 0.3 is 0 Å². The SMILES string of the molecule is C[C@H](NC(=O)/C(C#N)=C\c1cc(Cl)c(OCc2ccc(I)cc2)c(Br)c1)c1ccccc1. The van der Waals surface area contributed by atoms with E-state index in [1.165, 1.54) is 6.08 Å². The Morgan fingerprint density at radius 1 is 1.22 bits per heavy atom. The number of halogens is 3. The summed E-state index contributed by atoms with van der Waals surface area (Å²) in [5.41, 5.74) is 2.58. The van der Waals surface area contributed by atoms with Crippen LogP contribution < -0.4 is 10.1 Å². The van der Waals surface area contributed by atoms with Crippen LogP contribution in [0.1, 0.15) is 29.7 Å². The van der Waals surface area contributed by atoms with Crippen molar-refractivity contribution in [3.63, 3.8) is 0 Å². The summed E-state index contributed by atoms with van der Waals surface area (Å²) in [6.07, 6.45) is 1.51. The van der Waals surface area contributed by atoms with Crippen LogP contribution in [-0.2, 0) is 11.4 Å². The number of hydrogen-bond acceptors (Lipinski definition) is 3. The van der Waals surface area contributed by atoms with Crippen LogP contribution in [-0.4, -0.2) is 5.91 Å². The molecule has 0 spiro atoms. The lowest BCUT2D eigenvalue weighted by Crippen LogP contribution is -2.27. The second-order valence-electron chi connectivity index (χ2n) is 7.00. The van der Waals surface area contributed by atoms with Crippen molar-refractivity contribution in [1.29, 1.82) is 5.26 Å². The summed E-state index contributed by atoms with van der Waals surface area (Å²) < 4.78 is 7.67. The van der Waals surface area contributed by atoms with Crippen LogP contribution in [0.3, 0.4) is 0 Å². The van der Waals surface area contributed by atoms with Crippen molar-refractivity contribution in [3.05, 3.63) is 102 Å². The van der Waals surface area contributed by atoms with Crippen LogP contribution >= 0.6 is 50.1 Å². The zero-order chi connectivity index (χ0) is 23.1. The predicted octanol–water partition coefficient (Wildman–Crippen LogP) is 7.07. The quantitative estimate of drug-likeness (QED) is 0.174. The van der Waals surface area contributed by atoms with Gasteiger partial charge in [0.05, 0.1) is 15.5 Å². The Labute approximate surface area is 214 Å². The van der Waals surface area contributed by atoms with Crippen molar-refractivity contribution in [1.82, 2.24) is 5.32 Å². The maximum Gasteiger partial charge on any atom is 0.262 e. The summed E-state index contributed by atoms with van der Waals surface area (Å²) >= 11 is 12.2. The van der Waals surface area contributed by atoms with Gasteiger partial charge in [-0.15, -0.1) is 0 Å². The summed E-state index contributed by atoms with van der Waals surface area (Å²) in [5, 5.41) is 12.7.